The Balaban J connectivity index is 1.27. The summed E-state index contributed by atoms with van der Waals surface area (Å²) in [6.45, 7) is 4.89. The fraction of sp³-hybridized carbons (Fsp3) is 0.559. The lowest BCUT2D eigenvalue weighted by Gasteiger charge is -2.46. The number of halogens is 4. The van der Waals surface area contributed by atoms with Crippen molar-refractivity contribution in [2.45, 2.75) is 62.8 Å². The summed E-state index contributed by atoms with van der Waals surface area (Å²) in [6.07, 6.45) is -2.28. The minimum Gasteiger partial charge on any atom is -0.465 e. The van der Waals surface area contributed by atoms with Gasteiger partial charge < -0.3 is 30.4 Å². The molecule has 10 nitrogen and oxygen atoms in total. The molecule has 4 heterocycles. The van der Waals surface area contributed by atoms with E-state index in [2.05, 4.69) is 31.5 Å². The Morgan fingerprint density at radius 3 is 2.38 bits per heavy atom. The number of likely N-dealkylation sites (tertiary alicyclic amines) is 1. The van der Waals surface area contributed by atoms with Crippen LogP contribution in [-0.2, 0) is 23.8 Å². The van der Waals surface area contributed by atoms with E-state index in [1.807, 2.05) is 24.3 Å². The van der Waals surface area contributed by atoms with E-state index in [-0.39, 0.29) is 41.8 Å². The van der Waals surface area contributed by atoms with Crippen LogP contribution in [0.25, 0.3) is 0 Å². The predicted molar refractivity (Wildman–Crippen MR) is 178 cm³/mol. The first-order valence-corrected chi connectivity index (χ1v) is 17.5. The van der Waals surface area contributed by atoms with E-state index in [1.54, 1.807) is 9.80 Å². The fourth-order valence-corrected chi connectivity index (χ4v) is 8.54. The molecule has 2 aromatic rings. The molecule has 3 saturated heterocycles. The van der Waals surface area contributed by atoms with Gasteiger partial charge in [-0.15, -0.1) is 0 Å². The first-order chi connectivity index (χ1) is 23.0. The quantitative estimate of drug-likeness (QED) is 0.381. The number of amides is 4. The van der Waals surface area contributed by atoms with Crippen LogP contribution in [-0.4, -0.2) is 113 Å². The first-order valence-electron chi connectivity index (χ1n) is 16.7. The predicted octanol–water partition coefficient (Wildman–Crippen LogP) is 5.12. The van der Waals surface area contributed by atoms with E-state index in [0.717, 1.165) is 43.2 Å². The maximum atomic E-state index is 14.5. The topological polar surface area (TPSA) is 108 Å². The summed E-state index contributed by atoms with van der Waals surface area (Å²) in [4.78, 5) is 47.9. The number of piperazine rings is 1. The highest BCUT2D eigenvalue weighted by Crippen LogP contribution is 2.37. The molecule has 4 amide bonds. The lowest BCUT2D eigenvalue weighted by atomic mass is 9.82. The van der Waals surface area contributed by atoms with E-state index in [9.17, 15) is 32.7 Å². The average molecular weight is 736 g/mol. The molecule has 0 spiro atoms. The largest absolute Gasteiger partial charge is 0.465 e. The molecule has 3 N–H and O–H groups in total. The molecule has 0 radical (unpaired) electrons. The zero-order valence-electron chi connectivity index (χ0n) is 26.7. The second-order valence-corrected chi connectivity index (χ2v) is 14.1. The third kappa shape index (κ3) is 7.60. The number of carbonyl (C=O) groups excluding carboxylic acids is 2. The molecule has 48 heavy (non-hydrogen) atoms. The van der Waals surface area contributed by atoms with E-state index >= 15 is 0 Å². The molecule has 3 atom stereocenters. The molecular weight excluding hydrogens is 693 g/mol. The summed E-state index contributed by atoms with van der Waals surface area (Å²) in [5.74, 6) is -1.06. The molecule has 4 aliphatic rings. The average Bonchev–Trinajstić information content (AvgIpc) is 3.24. The van der Waals surface area contributed by atoms with Crippen molar-refractivity contribution in [3.8, 4) is 0 Å². The van der Waals surface area contributed by atoms with Crippen molar-refractivity contribution in [3.05, 3.63) is 63.6 Å². The van der Waals surface area contributed by atoms with Gasteiger partial charge in [-0.25, -0.2) is 9.59 Å². The Kier molecular flexibility index (Phi) is 10.5. The molecule has 260 valence electrons. The summed E-state index contributed by atoms with van der Waals surface area (Å²) in [6, 6.07) is 10.4. The highest BCUT2D eigenvalue weighted by Gasteiger charge is 2.44. The highest BCUT2D eigenvalue weighted by atomic mass is 79.9. The number of nitrogens with zero attached hydrogens (tertiary/aromatic N) is 4. The molecule has 0 bridgehead atoms. The van der Waals surface area contributed by atoms with Gasteiger partial charge in [-0.05, 0) is 80.9 Å². The molecular formula is C34H42BrF3N6O4. The molecule has 6 rings (SSSR count). The Hall–Kier alpha value is -3.36. The van der Waals surface area contributed by atoms with Gasteiger partial charge in [0.1, 0.15) is 0 Å². The molecule has 2 aromatic carbocycles. The number of fused-ring (bicyclic) bond motifs is 1. The second kappa shape index (κ2) is 14.6. The summed E-state index contributed by atoms with van der Waals surface area (Å²) in [5.41, 5.74) is 1.43. The lowest BCUT2D eigenvalue weighted by Crippen LogP contribution is -2.60. The van der Waals surface area contributed by atoms with Gasteiger partial charge in [0.25, 0.3) is 0 Å². The van der Waals surface area contributed by atoms with Gasteiger partial charge in [0.05, 0.1) is 11.5 Å². The summed E-state index contributed by atoms with van der Waals surface area (Å²) >= 11 is 3.07. The number of benzene rings is 2. The molecule has 3 fully saturated rings. The number of anilines is 1. The Morgan fingerprint density at radius 2 is 1.69 bits per heavy atom. The summed E-state index contributed by atoms with van der Waals surface area (Å²) in [5, 5.41) is 16.7. The molecule has 0 aliphatic carbocycles. The molecule has 2 unspecified atom stereocenters. The minimum atomic E-state index is -4.55. The number of carbonyl (C=O) groups is 3. The SMILES string of the molecule is O=C(C(Cc1ccc(C(F)(F)F)c(Br)c1)[C@H]1CC(N2CCc3ccccc3NC2=O)CCN1C(=O)O)N1CCN(C2CCNCC2)CC1. The van der Waals surface area contributed by atoms with Crippen LogP contribution < -0.4 is 10.6 Å². The van der Waals surface area contributed by atoms with Crippen molar-refractivity contribution in [3.63, 3.8) is 0 Å². The number of alkyl halides is 3. The van der Waals surface area contributed by atoms with Crippen molar-refractivity contribution in [1.82, 2.24) is 24.9 Å². The van der Waals surface area contributed by atoms with Crippen molar-refractivity contribution < 1.29 is 32.7 Å². The number of piperidine rings is 2. The number of carboxylic acid groups (broad SMARTS) is 1. The Morgan fingerprint density at radius 1 is 0.958 bits per heavy atom. The molecule has 0 saturated carbocycles. The van der Waals surface area contributed by atoms with Gasteiger partial charge >= 0.3 is 18.3 Å². The molecule has 14 heteroatoms. The Labute approximate surface area is 286 Å². The third-order valence-electron chi connectivity index (χ3n) is 10.5. The lowest BCUT2D eigenvalue weighted by molar-refractivity contribution is -0.141. The van der Waals surface area contributed by atoms with Crippen molar-refractivity contribution in [1.29, 1.82) is 0 Å². The van der Waals surface area contributed by atoms with Gasteiger partial charge in [0, 0.05) is 67.6 Å². The van der Waals surface area contributed by atoms with E-state index in [0.29, 0.717) is 57.2 Å². The van der Waals surface area contributed by atoms with Crippen LogP contribution in [0.1, 0.15) is 42.4 Å². The van der Waals surface area contributed by atoms with Crippen LogP contribution in [0.2, 0.25) is 0 Å². The van der Waals surface area contributed by atoms with Crippen LogP contribution in [0, 0.1) is 5.92 Å². The van der Waals surface area contributed by atoms with Crippen molar-refractivity contribution >= 4 is 39.6 Å². The smallest absolute Gasteiger partial charge is 0.417 e. The number of hydrogen-bond acceptors (Lipinski definition) is 5. The maximum absolute atomic E-state index is 14.5. The van der Waals surface area contributed by atoms with E-state index < -0.39 is 29.8 Å². The van der Waals surface area contributed by atoms with Gasteiger partial charge in [0.2, 0.25) is 5.91 Å². The number of para-hydroxylation sites is 1. The van der Waals surface area contributed by atoms with Crippen molar-refractivity contribution in [2.24, 2.45) is 5.92 Å². The van der Waals surface area contributed by atoms with Crippen molar-refractivity contribution in [2.75, 3.05) is 57.7 Å². The second-order valence-electron chi connectivity index (χ2n) is 13.2. The zero-order valence-corrected chi connectivity index (χ0v) is 28.3. The van der Waals surface area contributed by atoms with E-state index in [1.165, 1.54) is 17.0 Å². The standard InChI is InChI=1S/C34H42BrF3N6O4/c35-28-20-22(5-6-27(28)34(36,37)38)19-26(31(45)42-17-15-41(16-18-42)24-7-11-39-12-8-24)30-21-25(10-14-44(30)33(47)48)43-13-9-23-3-1-2-4-29(23)40-32(43)46/h1-6,20,24-26,30,39H,7-19,21H2,(H,40,46)(H,47,48)/t25?,26?,30-/m1/s1. The normalized spacial score (nSPS) is 23.7. The Bertz CT molecular complexity index is 1500. The van der Waals surface area contributed by atoms with Crippen LogP contribution >= 0.6 is 15.9 Å². The number of nitrogens with one attached hydrogen (secondary N) is 2. The first kappa shape index (κ1) is 34.5. The van der Waals surface area contributed by atoms with Crippen LogP contribution in [0.15, 0.2) is 46.9 Å². The summed E-state index contributed by atoms with van der Waals surface area (Å²) < 4.78 is 40.6. The highest BCUT2D eigenvalue weighted by molar-refractivity contribution is 9.10. The number of hydrogen-bond donors (Lipinski definition) is 3. The van der Waals surface area contributed by atoms with Gasteiger partial charge in [0.15, 0.2) is 0 Å². The minimum absolute atomic E-state index is 0.0584. The monoisotopic (exact) mass is 734 g/mol. The fourth-order valence-electron chi connectivity index (χ4n) is 7.89. The third-order valence-corrected chi connectivity index (χ3v) is 11.1. The zero-order chi connectivity index (χ0) is 34.0. The number of rotatable bonds is 6. The maximum Gasteiger partial charge on any atom is 0.417 e. The van der Waals surface area contributed by atoms with Crippen LogP contribution in [0.4, 0.5) is 28.4 Å². The van der Waals surface area contributed by atoms with Gasteiger partial charge in [-0.2, -0.15) is 13.2 Å². The summed E-state index contributed by atoms with van der Waals surface area (Å²) in [7, 11) is 0. The van der Waals surface area contributed by atoms with Gasteiger partial charge in [-0.3, -0.25) is 9.69 Å². The number of urea groups is 1. The van der Waals surface area contributed by atoms with Gasteiger partial charge in [-0.1, -0.05) is 40.2 Å². The molecule has 4 aliphatic heterocycles. The molecule has 0 aromatic heterocycles. The van der Waals surface area contributed by atoms with E-state index in [4.69, 9.17) is 0 Å². The van der Waals surface area contributed by atoms with Crippen LogP contribution in [0.3, 0.4) is 0 Å². The van der Waals surface area contributed by atoms with Crippen LogP contribution in [0.5, 0.6) is 0 Å².